The van der Waals surface area contributed by atoms with Gasteiger partial charge in [0.25, 0.3) is 0 Å². The van der Waals surface area contributed by atoms with E-state index in [0.717, 1.165) is 23.8 Å². The van der Waals surface area contributed by atoms with Crippen LogP contribution in [0.1, 0.15) is 31.4 Å². The fourth-order valence-corrected chi connectivity index (χ4v) is 1.50. The molecule has 1 atom stereocenters. The highest BCUT2D eigenvalue weighted by Gasteiger charge is 2.14. The van der Waals surface area contributed by atoms with E-state index in [1.807, 2.05) is 6.92 Å². The van der Waals surface area contributed by atoms with Gasteiger partial charge in [-0.25, -0.2) is 8.78 Å². The molecule has 0 aliphatic carbocycles. The van der Waals surface area contributed by atoms with Gasteiger partial charge in [-0.05, 0) is 38.0 Å². The molecular formula is C12H16F2N2. The molecule has 4 heteroatoms. The quantitative estimate of drug-likeness (QED) is 0.460. The van der Waals surface area contributed by atoms with Crippen molar-refractivity contribution in [2.75, 3.05) is 0 Å². The van der Waals surface area contributed by atoms with E-state index in [1.54, 1.807) is 0 Å². The lowest BCUT2D eigenvalue weighted by molar-refractivity contribution is 0.479. The van der Waals surface area contributed by atoms with Crippen molar-refractivity contribution in [3.63, 3.8) is 0 Å². The summed E-state index contributed by atoms with van der Waals surface area (Å²) in [7, 11) is 0. The summed E-state index contributed by atoms with van der Waals surface area (Å²) in [5.41, 5.74) is 3.73. The predicted octanol–water partition coefficient (Wildman–Crippen LogP) is 2.83. The van der Waals surface area contributed by atoms with E-state index in [9.17, 15) is 8.78 Å². The van der Waals surface area contributed by atoms with E-state index in [-0.39, 0.29) is 5.56 Å². The fourth-order valence-electron chi connectivity index (χ4n) is 1.50. The van der Waals surface area contributed by atoms with Crippen LogP contribution in [-0.4, -0.2) is 0 Å². The lowest BCUT2D eigenvalue weighted by Crippen LogP contribution is -2.28. The Labute approximate surface area is 94.1 Å². The lowest BCUT2D eigenvalue weighted by Gasteiger charge is -2.17. The zero-order chi connectivity index (χ0) is 12.1. The van der Waals surface area contributed by atoms with Crippen molar-refractivity contribution in [3.8, 4) is 0 Å². The van der Waals surface area contributed by atoms with E-state index >= 15 is 0 Å². The van der Waals surface area contributed by atoms with Crippen molar-refractivity contribution < 1.29 is 8.78 Å². The molecule has 1 aromatic carbocycles. The smallest absolute Gasteiger partial charge is 0.128 e. The van der Waals surface area contributed by atoms with Gasteiger partial charge in [-0.15, -0.1) is 6.58 Å². The fraction of sp³-hybridized carbons (Fsp3) is 0.333. The third kappa shape index (κ3) is 3.40. The Bertz CT molecular complexity index is 377. The first-order chi connectivity index (χ1) is 7.54. The summed E-state index contributed by atoms with van der Waals surface area (Å²) in [4.78, 5) is 0. The number of nitrogens with two attached hydrogens (primary N) is 1. The molecule has 0 saturated heterocycles. The Morgan fingerprint density at radius 2 is 2.19 bits per heavy atom. The van der Waals surface area contributed by atoms with Gasteiger partial charge >= 0.3 is 0 Å². The van der Waals surface area contributed by atoms with Crippen molar-refractivity contribution in [1.82, 2.24) is 5.43 Å². The van der Waals surface area contributed by atoms with Crippen LogP contribution in [-0.2, 0) is 0 Å². The zero-order valence-electron chi connectivity index (χ0n) is 9.26. The van der Waals surface area contributed by atoms with Crippen LogP contribution in [0.15, 0.2) is 30.4 Å². The topological polar surface area (TPSA) is 38.0 Å². The summed E-state index contributed by atoms with van der Waals surface area (Å²) in [5.74, 6) is 4.42. The van der Waals surface area contributed by atoms with E-state index in [2.05, 4.69) is 12.0 Å². The monoisotopic (exact) mass is 226 g/mol. The Morgan fingerprint density at radius 3 is 2.75 bits per heavy atom. The van der Waals surface area contributed by atoms with Crippen molar-refractivity contribution in [3.05, 3.63) is 47.5 Å². The Balaban J connectivity index is 2.85. The van der Waals surface area contributed by atoms with Crippen LogP contribution in [0.3, 0.4) is 0 Å². The number of hydrazine groups is 1. The van der Waals surface area contributed by atoms with Gasteiger partial charge in [-0.1, -0.05) is 5.57 Å². The van der Waals surface area contributed by atoms with Gasteiger partial charge < -0.3 is 0 Å². The number of allylic oxidation sites excluding steroid dienone is 1. The third-order valence-corrected chi connectivity index (χ3v) is 2.39. The first kappa shape index (κ1) is 12.8. The highest BCUT2D eigenvalue weighted by molar-refractivity contribution is 5.22. The molecule has 1 unspecified atom stereocenters. The summed E-state index contributed by atoms with van der Waals surface area (Å²) in [5, 5.41) is 0. The standard InChI is InChI=1S/C12H16F2N2/c1-8(2)3-6-12(16-15)10-7-9(13)4-5-11(10)14/h4-5,7,12,16H,1,3,6,15H2,2H3. The number of benzene rings is 1. The lowest BCUT2D eigenvalue weighted by atomic mass is 10.00. The molecule has 2 nitrogen and oxygen atoms in total. The van der Waals surface area contributed by atoms with Crippen molar-refractivity contribution >= 4 is 0 Å². The third-order valence-electron chi connectivity index (χ3n) is 2.39. The van der Waals surface area contributed by atoms with Crippen molar-refractivity contribution in [1.29, 1.82) is 0 Å². The highest BCUT2D eigenvalue weighted by atomic mass is 19.1. The first-order valence-electron chi connectivity index (χ1n) is 5.10. The van der Waals surface area contributed by atoms with Gasteiger partial charge in [-0.2, -0.15) is 0 Å². The average molecular weight is 226 g/mol. The summed E-state index contributed by atoms with van der Waals surface area (Å²) in [6, 6.07) is 2.96. The van der Waals surface area contributed by atoms with Crippen LogP contribution in [0.2, 0.25) is 0 Å². The molecule has 0 amide bonds. The molecule has 0 saturated carbocycles. The van der Waals surface area contributed by atoms with Crippen molar-refractivity contribution in [2.24, 2.45) is 5.84 Å². The average Bonchev–Trinajstić information content (AvgIpc) is 2.23. The van der Waals surface area contributed by atoms with Gasteiger partial charge in [0.05, 0.1) is 0 Å². The molecule has 0 radical (unpaired) electrons. The molecule has 3 N–H and O–H groups in total. The van der Waals surface area contributed by atoms with Crippen LogP contribution in [0, 0.1) is 11.6 Å². The molecule has 0 aromatic heterocycles. The number of nitrogens with one attached hydrogen (secondary N) is 1. The molecule has 0 heterocycles. The van der Waals surface area contributed by atoms with Crippen LogP contribution in [0.25, 0.3) is 0 Å². The second kappa shape index (κ2) is 5.72. The van der Waals surface area contributed by atoms with E-state index in [0.29, 0.717) is 12.8 Å². The van der Waals surface area contributed by atoms with Gasteiger partial charge in [0.1, 0.15) is 11.6 Å². The molecule has 1 rings (SSSR count). The maximum Gasteiger partial charge on any atom is 0.128 e. The Morgan fingerprint density at radius 1 is 1.50 bits per heavy atom. The van der Waals surface area contributed by atoms with Gasteiger partial charge in [0.2, 0.25) is 0 Å². The first-order valence-corrected chi connectivity index (χ1v) is 5.10. The molecule has 1 aromatic rings. The maximum absolute atomic E-state index is 13.4. The number of rotatable bonds is 5. The van der Waals surface area contributed by atoms with E-state index in [1.165, 1.54) is 0 Å². The van der Waals surface area contributed by atoms with Crippen LogP contribution in [0.4, 0.5) is 8.78 Å². The summed E-state index contributed by atoms with van der Waals surface area (Å²) >= 11 is 0. The van der Waals surface area contributed by atoms with Gasteiger partial charge in [0, 0.05) is 11.6 Å². The van der Waals surface area contributed by atoms with E-state index < -0.39 is 17.7 Å². The van der Waals surface area contributed by atoms with E-state index in [4.69, 9.17) is 5.84 Å². The van der Waals surface area contributed by atoms with Crippen LogP contribution >= 0.6 is 0 Å². The summed E-state index contributed by atoms with van der Waals surface area (Å²) in [6.45, 7) is 5.64. The summed E-state index contributed by atoms with van der Waals surface area (Å²) < 4.78 is 26.4. The minimum atomic E-state index is -0.466. The zero-order valence-corrected chi connectivity index (χ0v) is 9.26. The second-order valence-corrected chi connectivity index (χ2v) is 3.88. The molecular weight excluding hydrogens is 210 g/mol. The predicted molar refractivity (Wildman–Crippen MR) is 60.5 cm³/mol. The molecule has 0 aliphatic heterocycles. The Hall–Kier alpha value is -1.26. The number of halogens is 2. The van der Waals surface area contributed by atoms with Crippen molar-refractivity contribution in [2.45, 2.75) is 25.8 Å². The van der Waals surface area contributed by atoms with Gasteiger partial charge in [-0.3, -0.25) is 11.3 Å². The van der Waals surface area contributed by atoms with Gasteiger partial charge in [0.15, 0.2) is 0 Å². The Kier molecular flexibility index (Phi) is 4.58. The highest BCUT2D eigenvalue weighted by Crippen LogP contribution is 2.23. The molecule has 16 heavy (non-hydrogen) atoms. The minimum absolute atomic E-state index is 0.253. The SMILES string of the molecule is C=C(C)CCC(NN)c1cc(F)ccc1F. The normalized spacial score (nSPS) is 12.5. The molecule has 0 spiro atoms. The minimum Gasteiger partial charge on any atom is -0.271 e. The van der Waals surface area contributed by atoms with Crippen LogP contribution in [0.5, 0.6) is 0 Å². The molecule has 0 fully saturated rings. The van der Waals surface area contributed by atoms with Crippen LogP contribution < -0.4 is 11.3 Å². The largest absolute Gasteiger partial charge is 0.271 e. The molecule has 88 valence electrons. The molecule has 0 aliphatic rings. The number of hydrogen-bond donors (Lipinski definition) is 2. The summed E-state index contributed by atoms with van der Waals surface area (Å²) in [6.07, 6.45) is 1.30. The second-order valence-electron chi connectivity index (χ2n) is 3.88. The number of hydrogen-bond acceptors (Lipinski definition) is 2. The maximum atomic E-state index is 13.4. The molecule has 0 bridgehead atoms.